The van der Waals surface area contributed by atoms with Gasteiger partial charge in [0.05, 0.1) is 0 Å². The third kappa shape index (κ3) is 3.40. The third-order valence-electron chi connectivity index (χ3n) is 2.59. The number of hydrogen-bond acceptors (Lipinski definition) is 1. The Balaban J connectivity index is 2.24. The minimum atomic E-state index is 0.438. The van der Waals surface area contributed by atoms with Crippen LogP contribution in [0.2, 0.25) is 0 Å². The van der Waals surface area contributed by atoms with Gasteiger partial charge >= 0.3 is 0 Å². The molecule has 70 valence electrons. The third-order valence-corrected chi connectivity index (χ3v) is 2.59. The van der Waals surface area contributed by atoms with Crippen LogP contribution in [0.15, 0.2) is 11.6 Å². The summed E-state index contributed by atoms with van der Waals surface area (Å²) in [6.45, 7) is 4.57. The van der Waals surface area contributed by atoms with Crippen molar-refractivity contribution in [1.82, 2.24) is 0 Å². The Bertz CT molecular complexity index is 158. The van der Waals surface area contributed by atoms with Crippen molar-refractivity contribution < 1.29 is 0 Å². The fraction of sp³-hybridized carbons (Fsp3) is 0.818. The van der Waals surface area contributed by atoms with E-state index in [9.17, 15) is 0 Å². The Kier molecular flexibility index (Phi) is 3.80. The Hall–Kier alpha value is -0.300. The van der Waals surface area contributed by atoms with Crippen molar-refractivity contribution in [3.05, 3.63) is 11.6 Å². The second kappa shape index (κ2) is 4.66. The molecule has 0 heterocycles. The molecule has 0 aliphatic heterocycles. The molecular formula is C11H21N. The Labute approximate surface area is 76.0 Å². The second-order valence-corrected chi connectivity index (χ2v) is 4.33. The summed E-state index contributed by atoms with van der Waals surface area (Å²) in [5.41, 5.74) is 7.45. The molecule has 0 aromatic carbocycles. The zero-order valence-corrected chi connectivity index (χ0v) is 8.34. The van der Waals surface area contributed by atoms with Crippen molar-refractivity contribution >= 4 is 0 Å². The summed E-state index contributed by atoms with van der Waals surface area (Å²) >= 11 is 0. The zero-order valence-electron chi connectivity index (χ0n) is 8.34. The van der Waals surface area contributed by atoms with Crippen LogP contribution in [0.4, 0.5) is 0 Å². The van der Waals surface area contributed by atoms with Crippen molar-refractivity contribution in [2.45, 2.75) is 52.0 Å². The van der Waals surface area contributed by atoms with Crippen LogP contribution < -0.4 is 5.73 Å². The van der Waals surface area contributed by atoms with Gasteiger partial charge in [0.15, 0.2) is 0 Å². The van der Waals surface area contributed by atoms with Crippen molar-refractivity contribution in [1.29, 1.82) is 0 Å². The molecule has 1 nitrogen and oxygen atoms in total. The number of nitrogens with two attached hydrogens (primary N) is 1. The molecule has 0 radical (unpaired) electrons. The van der Waals surface area contributed by atoms with Gasteiger partial charge in [-0.3, -0.25) is 0 Å². The van der Waals surface area contributed by atoms with Crippen molar-refractivity contribution in [3.63, 3.8) is 0 Å². The average Bonchev–Trinajstić information content (AvgIpc) is 2.03. The number of allylic oxidation sites excluding steroid dienone is 1. The van der Waals surface area contributed by atoms with Crippen molar-refractivity contribution in [2.24, 2.45) is 11.7 Å². The van der Waals surface area contributed by atoms with Gasteiger partial charge in [-0.15, -0.1) is 0 Å². The normalized spacial score (nSPS) is 24.3. The van der Waals surface area contributed by atoms with E-state index in [1.807, 2.05) is 0 Å². The zero-order chi connectivity index (χ0) is 8.97. The highest BCUT2D eigenvalue weighted by Crippen LogP contribution is 2.22. The minimum Gasteiger partial charge on any atom is -0.327 e. The summed E-state index contributed by atoms with van der Waals surface area (Å²) in [5, 5.41) is 0. The molecule has 0 saturated carbocycles. The van der Waals surface area contributed by atoms with Crippen LogP contribution in [-0.4, -0.2) is 6.04 Å². The van der Waals surface area contributed by atoms with E-state index in [1.54, 1.807) is 5.57 Å². The van der Waals surface area contributed by atoms with Gasteiger partial charge in [0, 0.05) is 6.04 Å². The lowest BCUT2D eigenvalue weighted by Gasteiger charge is -2.18. The highest BCUT2D eigenvalue weighted by atomic mass is 14.6. The summed E-state index contributed by atoms with van der Waals surface area (Å²) in [5.74, 6) is 0.835. The molecule has 0 amide bonds. The van der Waals surface area contributed by atoms with Gasteiger partial charge in [-0.1, -0.05) is 25.5 Å². The van der Waals surface area contributed by atoms with E-state index in [-0.39, 0.29) is 0 Å². The predicted molar refractivity (Wildman–Crippen MR) is 54.0 cm³/mol. The van der Waals surface area contributed by atoms with Crippen LogP contribution in [-0.2, 0) is 0 Å². The standard InChI is InChI=1S/C11H21N/c1-9(2)3-4-10-5-7-11(12)8-6-10/h5,9,11H,3-4,6-8,12H2,1-2H3. The maximum absolute atomic E-state index is 5.81. The van der Waals surface area contributed by atoms with Crippen molar-refractivity contribution in [2.75, 3.05) is 0 Å². The van der Waals surface area contributed by atoms with E-state index in [4.69, 9.17) is 5.73 Å². The summed E-state index contributed by atoms with van der Waals surface area (Å²) < 4.78 is 0. The molecule has 0 aromatic rings. The van der Waals surface area contributed by atoms with Crippen LogP contribution in [0, 0.1) is 5.92 Å². The highest BCUT2D eigenvalue weighted by molar-refractivity contribution is 5.07. The number of rotatable bonds is 3. The largest absolute Gasteiger partial charge is 0.327 e. The summed E-state index contributed by atoms with van der Waals surface area (Å²) in [6.07, 6.45) is 8.53. The molecule has 1 heteroatoms. The fourth-order valence-electron chi connectivity index (χ4n) is 1.61. The summed E-state index contributed by atoms with van der Waals surface area (Å²) in [6, 6.07) is 0.438. The summed E-state index contributed by atoms with van der Waals surface area (Å²) in [7, 11) is 0. The topological polar surface area (TPSA) is 26.0 Å². The van der Waals surface area contributed by atoms with Gasteiger partial charge in [-0.25, -0.2) is 0 Å². The van der Waals surface area contributed by atoms with Gasteiger partial charge in [0.2, 0.25) is 0 Å². The SMILES string of the molecule is CC(C)CCC1=CCC(N)CC1. The van der Waals surface area contributed by atoms with Crippen molar-refractivity contribution in [3.8, 4) is 0 Å². The van der Waals surface area contributed by atoms with E-state index >= 15 is 0 Å². The van der Waals surface area contributed by atoms with E-state index in [2.05, 4.69) is 19.9 Å². The van der Waals surface area contributed by atoms with E-state index in [0.29, 0.717) is 6.04 Å². The van der Waals surface area contributed by atoms with Gasteiger partial charge in [-0.05, 0) is 38.0 Å². The smallest absolute Gasteiger partial charge is 0.00765 e. The molecule has 0 spiro atoms. The average molecular weight is 167 g/mol. The lowest BCUT2D eigenvalue weighted by Crippen LogP contribution is -2.21. The first-order valence-electron chi connectivity index (χ1n) is 5.12. The Morgan fingerprint density at radius 2 is 2.33 bits per heavy atom. The van der Waals surface area contributed by atoms with Crippen LogP contribution in [0.1, 0.15) is 46.0 Å². The molecule has 1 aliphatic carbocycles. The first-order valence-corrected chi connectivity index (χ1v) is 5.12. The molecule has 0 fully saturated rings. The monoisotopic (exact) mass is 167 g/mol. The molecule has 1 unspecified atom stereocenters. The molecule has 1 rings (SSSR count). The fourth-order valence-corrected chi connectivity index (χ4v) is 1.61. The minimum absolute atomic E-state index is 0.438. The Morgan fingerprint density at radius 1 is 1.58 bits per heavy atom. The second-order valence-electron chi connectivity index (χ2n) is 4.33. The molecule has 0 aromatic heterocycles. The lowest BCUT2D eigenvalue weighted by molar-refractivity contribution is 0.538. The van der Waals surface area contributed by atoms with E-state index in [0.717, 1.165) is 12.3 Å². The molecule has 1 atom stereocenters. The van der Waals surface area contributed by atoms with E-state index in [1.165, 1.54) is 25.7 Å². The quantitative estimate of drug-likeness (QED) is 0.643. The highest BCUT2D eigenvalue weighted by Gasteiger charge is 2.09. The predicted octanol–water partition coefficient (Wildman–Crippen LogP) is 2.86. The summed E-state index contributed by atoms with van der Waals surface area (Å²) in [4.78, 5) is 0. The van der Waals surface area contributed by atoms with Gasteiger partial charge in [0.1, 0.15) is 0 Å². The van der Waals surface area contributed by atoms with Crippen LogP contribution in [0.5, 0.6) is 0 Å². The van der Waals surface area contributed by atoms with Crippen LogP contribution in [0.25, 0.3) is 0 Å². The maximum atomic E-state index is 5.81. The molecule has 2 N–H and O–H groups in total. The molecule has 1 aliphatic rings. The van der Waals surface area contributed by atoms with Gasteiger partial charge in [0.25, 0.3) is 0 Å². The Morgan fingerprint density at radius 3 is 2.83 bits per heavy atom. The van der Waals surface area contributed by atoms with E-state index < -0.39 is 0 Å². The van der Waals surface area contributed by atoms with Gasteiger partial charge < -0.3 is 5.73 Å². The van der Waals surface area contributed by atoms with Gasteiger partial charge in [-0.2, -0.15) is 0 Å². The lowest BCUT2D eigenvalue weighted by atomic mass is 9.91. The molecule has 12 heavy (non-hydrogen) atoms. The molecule has 0 saturated heterocycles. The molecule has 0 bridgehead atoms. The number of hydrogen-bond donors (Lipinski definition) is 1. The van der Waals surface area contributed by atoms with Crippen LogP contribution in [0.3, 0.4) is 0 Å². The van der Waals surface area contributed by atoms with Crippen LogP contribution >= 0.6 is 0 Å². The first kappa shape index (κ1) is 9.79. The maximum Gasteiger partial charge on any atom is 0.00765 e. The molecular weight excluding hydrogens is 146 g/mol. The first-order chi connectivity index (χ1) is 5.68.